The number of amides is 2. The zero-order valence-corrected chi connectivity index (χ0v) is 23.5. The van der Waals surface area contributed by atoms with Gasteiger partial charge in [0.25, 0.3) is 17.4 Å². The maximum absolute atomic E-state index is 12.8. The van der Waals surface area contributed by atoms with Crippen LogP contribution >= 0.6 is 46.5 Å². The second-order valence-corrected chi connectivity index (χ2v) is 10.1. The van der Waals surface area contributed by atoms with Gasteiger partial charge in [0, 0.05) is 29.5 Å². The summed E-state index contributed by atoms with van der Waals surface area (Å²) in [6.07, 6.45) is 1.07. The minimum Gasteiger partial charge on any atom is -0.543 e. The van der Waals surface area contributed by atoms with Gasteiger partial charge in [0.15, 0.2) is 10.3 Å². The van der Waals surface area contributed by atoms with E-state index in [1.165, 1.54) is 16.4 Å². The molecule has 178 valence electrons. The second kappa shape index (κ2) is 11.5. The van der Waals surface area contributed by atoms with E-state index in [1.54, 1.807) is 12.4 Å². The predicted octanol–water partition coefficient (Wildman–Crippen LogP) is -4.01. The zero-order chi connectivity index (χ0) is 24.6. The summed E-state index contributed by atoms with van der Waals surface area (Å²) in [4.78, 5) is 57.9. The quantitative estimate of drug-likeness (QED) is 0.145. The average molecular weight is 564 g/mol. The van der Waals surface area contributed by atoms with Crippen molar-refractivity contribution in [2.45, 2.75) is 16.6 Å². The van der Waals surface area contributed by atoms with Crippen LogP contribution in [0.5, 0.6) is 0 Å². The van der Waals surface area contributed by atoms with Gasteiger partial charge in [0.05, 0.1) is 22.9 Å². The fourth-order valence-corrected chi connectivity index (χ4v) is 6.47. The summed E-state index contributed by atoms with van der Waals surface area (Å²) in [6, 6.07) is -0.954. The minimum atomic E-state index is -1.51. The maximum Gasteiger partial charge on any atom is 1.00 e. The van der Waals surface area contributed by atoms with Gasteiger partial charge in [-0.25, -0.2) is 9.67 Å². The first-order chi connectivity index (χ1) is 16.2. The van der Waals surface area contributed by atoms with E-state index in [1.807, 2.05) is 0 Å². The van der Waals surface area contributed by atoms with E-state index in [0.717, 1.165) is 39.7 Å². The zero-order valence-electron chi connectivity index (χ0n) is 18.3. The molecule has 0 saturated carbocycles. The molecule has 35 heavy (non-hydrogen) atoms. The van der Waals surface area contributed by atoms with Crippen LogP contribution in [0.1, 0.15) is 5.69 Å². The number of nitrogens with two attached hydrogens (primary N) is 1. The minimum absolute atomic E-state index is 0. The van der Waals surface area contributed by atoms with E-state index in [4.69, 9.17) is 17.3 Å². The molecule has 12 nitrogen and oxygen atoms in total. The number of thiazole rings is 1. The number of fused-ring (bicyclic) bond motifs is 1. The number of hydrogen-bond acceptors (Lipinski definition) is 12. The molecule has 1 saturated heterocycles. The molecule has 1 unspecified atom stereocenters. The number of hydrogen-bond donors (Lipinski definition) is 2. The summed E-state index contributed by atoms with van der Waals surface area (Å²) >= 11 is 9.33. The number of β-lactam (4-membered cyclic amide) rings is 1. The molecule has 2 aromatic rings. The van der Waals surface area contributed by atoms with Crippen molar-refractivity contribution in [3.05, 3.63) is 44.4 Å². The summed E-state index contributed by atoms with van der Waals surface area (Å²) in [6.45, 7) is 0. The number of carbonyl (C=O) groups is 3. The molecule has 2 aliphatic rings. The van der Waals surface area contributed by atoms with Gasteiger partial charge in [-0.2, -0.15) is 10.1 Å². The van der Waals surface area contributed by atoms with Crippen molar-refractivity contribution in [2.75, 3.05) is 17.2 Å². The number of aryl methyl sites for hydroxylation is 1. The van der Waals surface area contributed by atoms with Crippen molar-refractivity contribution >= 4 is 74.9 Å². The van der Waals surface area contributed by atoms with E-state index in [-0.39, 0.29) is 63.2 Å². The van der Waals surface area contributed by atoms with Gasteiger partial charge in [-0.15, -0.1) is 23.1 Å². The Morgan fingerprint density at radius 3 is 2.77 bits per heavy atom. The Bertz CT molecular complexity index is 1310. The topological polar surface area (TPSA) is 176 Å². The molecule has 1 fully saturated rings. The third kappa shape index (κ3) is 5.60. The molecule has 2 aliphatic heterocycles. The molecule has 0 aromatic carbocycles. The number of halogens is 1. The third-order valence-corrected chi connectivity index (χ3v) is 8.22. The van der Waals surface area contributed by atoms with Gasteiger partial charge in [0.1, 0.15) is 17.6 Å². The van der Waals surface area contributed by atoms with Crippen molar-refractivity contribution in [2.24, 2.45) is 7.05 Å². The summed E-state index contributed by atoms with van der Waals surface area (Å²) in [5.41, 5.74) is 6.61. The summed E-state index contributed by atoms with van der Waals surface area (Å²) in [5.74, 6) is -2.31. The molecular formula is C18H15ClN7NaO5S3. The van der Waals surface area contributed by atoms with Crippen molar-refractivity contribution in [3.63, 3.8) is 0 Å². The molecule has 2 atom stereocenters. The van der Waals surface area contributed by atoms with Crippen LogP contribution in [0.15, 0.2) is 38.3 Å². The van der Waals surface area contributed by atoms with E-state index in [9.17, 15) is 24.3 Å². The van der Waals surface area contributed by atoms with Gasteiger partial charge >= 0.3 is 29.6 Å². The largest absolute Gasteiger partial charge is 1.00 e. The number of carbonyl (C=O) groups excluding carboxylic acids is 3. The number of carboxylic acid groups (broad SMARTS) is 1. The molecule has 0 radical (unpaired) electrons. The van der Waals surface area contributed by atoms with Crippen LogP contribution in [0.25, 0.3) is 5.57 Å². The van der Waals surface area contributed by atoms with Gasteiger partial charge < -0.3 is 21.0 Å². The summed E-state index contributed by atoms with van der Waals surface area (Å²) in [7, 11) is 1.60. The smallest absolute Gasteiger partial charge is 0.543 e. The van der Waals surface area contributed by atoms with Crippen LogP contribution in [0.2, 0.25) is 0 Å². The van der Waals surface area contributed by atoms with Crippen LogP contribution in [0, 0.1) is 0 Å². The number of carboxylic acids is 1. The first-order valence-electron chi connectivity index (χ1n) is 9.45. The van der Waals surface area contributed by atoms with Gasteiger partial charge in [-0.3, -0.25) is 19.3 Å². The molecule has 2 amide bonds. The molecule has 0 bridgehead atoms. The first-order valence-corrected chi connectivity index (χ1v) is 12.8. The Morgan fingerprint density at radius 1 is 1.40 bits per heavy atom. The van der Waals surface area contributed by atoms with Crippen LogP contribution in [0.3, 0.4) is 0 Å². The van der Waals surface area contributed by atoms with Crippen LogP contribution in [-0.4, -0.2) is 65.4 Å². The van der Waals surface area contributed by atoms with Crippen molar-refractivity contribution in [3.8, 4) is 0 Å². The Morgan fingerprint density at radius 2 is 2.14 bits per heavy atom. The van der Waals surface area contributed by atoms with E-state index in [0.29, 0.717) is 10.7 Å². The number of thioether (sulfide) groups is 2. The number of rotatable bonds is 7. The Hall–Kier alpha value is -1.88. The van der Waals surface area contributed by atoms with Crippen LogP contribution < -0.4 is 51.3 Å². The molecule has 4 heterocycles. The van der Waals surface area contributed by atoms with E-state index >= 15 is 0 Å². The Kier molecular flexibility index (Phi) is 9.06. The van der Waals surface area contributed by atoms with E-state index < -0.39 is 34.8 Å². The predicted molar refractivity (Wildman–Crippen MR) is 125 cm³/mol. The Labute approximate surface area is 237 Å². The number of nitrogens with zero attached hydrogens (tertiary/aromatic N) is 5. The molecule has 4 rings (SSSR count). The molecule has 2 aromatic heterocycles. The van der Waals surface area contributed by atoms with Gasteiger partial charge in [-0.1, -0.05) is 23.4 Å². The molecule has 0 aliphatic carbocycles. The maximum atomic E-state index is 12.8. The third-order valence-electron chi connectivity index (χ3n) is 4.88. The van der Waals surface area contributed by atoms with E-state index in [2.05, 4.69) is 20.4 Å². The summed E-state index contributed by atoms with van der Waals surface area (Å²) in [5, 5.41) is 19.8. The van der Waals surface area contributed by atoms with Gasteiger partial charge in [-0.05, 0) is 5.57 Å². The molecule has 0 spiro atoms. The fraction of sp³-hybridized carbons (Fsp3) is 0.278. The number of nitrogen functional groups attached to an aromatic ring is 1. The van der Waals surface area contributed by atoms with Gasteiger partial charge in [0.2, 0.25) is 0 Å². The number of nitrogens with one attached hydrogen (secondary N) is 1. The van der Waals surface area contributed by atoms with Crippen molar-refractivity contribution < 1.29 is 49.0 Å². The second-order valence-electron chi connectivity index (χ2n) is 6.98. The monoisotopic (exact) mass is 563 g/mol. The standard InChI is InChI=1S/C18H16ClN7O5S3.Na/c1-25-18(23-10(27)3-21-25)34-5-7-4-32-15-11(14(29)26(15)12(7)16(30)31)24-13(28)8(2-19)9-6-33-17(20)22-9;/h2-3,6,11,15H,4-5H2,1H3,(H2,20,22)(H,24,28)(H,30,31);/q;+1/p-1/t11?,15-;/m0./s1. The van der Waals surface area contributed by atoms with Crippen LogP contribution in [-0.2, 0) is 21.4 Å². The normalized spacial score (nSPS) is 19.5. The van der Waals surface area contributed by atoms with Crippen molar-refractivity contribution in [1.29, 1.82) is 0 Å². The number of anilines is 1. The number of aromatic nitrogens is 4. The van der Waals surface area contributed by atoms with Crippen LogP contribution in [0.4, 0.5) is 5.13 Å². The summed E-state index contributed by atoms with van der Waals surface area (Å²) < 4.78 is 1.39. The Balaban J connectivity index is 0.00000342. The molecule has 17 heteroatoms. The molecular weight excluding hydrogens is 549 g/mol. The average Bonchev–Trinajstić information content (AvgIpc) is 3.23. The first kappa shape index (κ1) is 27.7. The number of aliphatic carboxylic acids is 1. The fourth-order valence-electron chi connectivity index (χ4n) is 3.29. The SMILES string of the molecule is Cn1ncc(=O)nc1SCC1=C(C(=O)[O-])N2C(=O)C(NC(=O)C(=CCl)c3csc(N)n3)[C@@H]2SC1.[Na+]. The van der Waals surface area contributed by atoms with Crippen molar-refractivity contribution in [1.82, 2.24) is 30.0 Å². The molecule has 3 N–H and O–H groups in total.